The number of alkyl halides is 3. The fourth-order valence-corrected chi connectivity index (χ4v) is 4.95. The van der Waals surface area contributed by atoms with Gasteiger partial charge in [-0.15, -0.1) is 0 Å². The number of likely N-dealkylation sites (tertiary alicyclic amines) is 1. The second-order valence-corrected chi connectivity index (χ2v) is 10.4. The average molecular weight is 556 g/mol. The number of halogens is 3. The van der Waals surface area contributed by atoms with Crippen LogP contribution in [0.25, 0.3) is 5.70 Å². The number of benzene rings is 2. The number of rotatable bonds is 8. The Labute approximate surface area is 232 Å². The molecule has 1 amide bonds. The molecule has 1 fully saturated rings. The van der Waals surface area contributed by atoms with Gasteiger partial charge in [0.2, 0.25) is 0 Å². The molecule has 1 aliphatic rings. The summed E-state index contributed by atoms with van der Waals surface area (Å²) in [5.41, 5.74) is 10.4. The van der Waals surface area contributed by atoms with Crippen LogP contribution < -0.4 is 16.9 Å². The van der Waals surface area contributed by atoms with Crippen molar-refractivity contribution < 1.29 is 18.0 Å². The topological polar surface area (TPSA) is 105 Å². The zero-order valence-electron chi connectivity index (χ0n) is 23.3. The van der Waals surface area contributed by atoms with E-state index in [1.165, 1.54) is 11.9 Å². The first-order valence-electron chi connectivity index (χ1n) is 13.1. The number of aromatic nitrogens is 2. The first kappa shape index (κ1) is 29.2. The molecule has 0 saturated carbocycles. The summed E-state index contributed by atoms with van der Waals surface area (Å²) in [6, 6.07) is 7.76. The summed E-state index contributed by atoms with van der Waals surface area (Å²) in [5.74, 6) is 5.71. The number of hydrogen-bond acceptors (Lipinski definition) is 6. The van der Waals surface area contributed by atoms with Gasteiger partial charge in [-0.25, -0.2) is 5.84 Å². The van der Waals surface area contributed by atoms with E-state index < -0.39 is 17.6 Å². The Morgan fingerprint density at radius 3 is 2.45 bits per heavy atom. The van der Waals surface area contributed by atoms with Crippen molar-refractivity contribution in [1.29, 1.82) is 0 Å². The Hall–Kier alpha value is -3.83. The fraction of sp³-hybridized carbons (Fsp3) is 0.379. The molecule has 3 aromatic rings. The summed E-state index contributed by atoms with van der Waals surface area (Å²) in [6.07, 6.45) is 0.794. The van der Waals surface area contributed by atoms with E-state index in [4.69, 9.17) is 11.6 Å². The number of nitrogens with zero attached hydrogens (tertiary/aromatic N) is 4. The molecule has 1 saturated heterocycles. The van der Waals surface area contributed by atoms with Crippen LogP contribution in [0.3, 0.4) is 0 Å². The van der Waals surface area contributed by atoms with E-state index in [-0.39, 0.29) is 17.8 Å². The number of carbonyl (C=O) groups excluding carboxylic acids is 1. The molecule has 40 heavy (non-hydrogen) atoms. The first-order chi connectivity index (χ1) is 18.8. The third kappa shape index (κ3) is 6.65. The summed E-state index contributed by atoms with van der Waals surface area (Å²) in [7, 11) is 1.82. The molecular weight excluding hydrogens is 519 g/mol. The van der Waals surface area contributed by atoms with Crippen LogP contribution in [0.5, 0.6) is 0 Å². The van der Waals surface area contributed by atoms with Crippen molar-refractivity contribution in [1.82, 2.24) is 19.7 Å². The quantitative estimate of drug-likeness (QED) is 0.271. The minimum atomic E-state index is -4.53. The van der Waals surface area contributed by atoms with Crippen molar-refractivity contribution in [2.24, 2.45) is 18.6 Å². The molecule has 4 rings (SSSR count). The maximum atomic E-state index is 13.9. The molecule has 5 N–H and O–H groups in total. The van der Waals surface area contributed by atoms with E-state index >= 15 is 0 Å². The normalized spacial score (nSPS) is 14.6. The number of hydrazine groups is 1. The number of nitrogens with two attached hydrogens (primary N) is 2. The second-order valence-electron chi connectivity index (χ2n) is 10.4. The highest BCUT2D eigenvalue weighted by atomic mass is 19.4. The van der Waals surface area contributed by atoms with Gasteiger partial charge in [0.1, 0.15) is 0 Å². The largest absolute Gasteiger partial charge is 0.416 e. The van der Waals surface area contributed by atoms with Crippen LogP contribution >= 0.6 is 0 Å². The van der Waals surface area contributed by atoms with Crippen molar-refractivity contribution in [2.45, 2.75) is 52.9 Å². The summed E-state index contributed by atoms with van der Waals surface area (Å²) in [6.45, 7) is 7.65. The maximum Gasteiger partial charge on any atom is 0.416 e. The van der Waals surface area contributed by atoms with Crippen molar-refractivity contribution in [2.75, 3.05) is 18.4 Å². The van der Waals surface area contributed by atoms with Gasteiger partial charge in [-0.3, -0.25) is 14.4 Å². The van der Waals surface area contributed by atoms with E-state index in [1.807, 2.05) is 20.9 Å². The highest BCUT2D eigenvalue weighted by molar-refractivity contribution is 6.04. The predicted octanol–water partition coefficient (Wildman–Crippen LogP) is 4.85. The number of anilines is 1. The number of aryl methyl sites for hydroxylation is 2. The van der Waals surface area contributed by atoms with E-state index in [9.17, 15) is 18.0 Å². The minimum Gasteiger partial charge on any atom is -0.397 e. The Bertz CT molecular complexity index is 1420. The molecule has 2 aromatic carbocycles. The molecular formula is C29H36F3N7O. The van der Waals surface area contributed by atoms with Gasteiger partial charge in [0.05, 0.1) is 24.0 Å². The van der Waals surface area contributed by atoms with Crippen LogP contribution in [0, 0.1) is 20.8 Å². The summed E-state index contributed by atoms with van der Waals surface area (Å²) in [4.78, 5) is 15.3. The second kappa shape index (κ2) is 11.7. The van der Waals surface area contributed by atoms with E-state index in [0.717, 1.165) is 54.4 Å². The Morgan fingerprint density at radius 1 is 1.12 bits per heavy atom. The maximum absolute atomic E-state index is 13.9. The van der Waals surface area contributed by atoms with Crippen LogP contribution in [0.2, 0.25) is 0 Å². The van der Waals surface area contributed by atoms with E-state index in [0.29, 0.717) is 23.4 Å². The molecule has 0 spiro atoms. The van der Waals surface area contributed by atoms with Crippen LogP contribution in [-0.2, 0) is 26.3 Å². The van der Waals surface area contributed by atoms with Crippen LogP contribution in [0.15, 0.2) is 42.7 Å². The number of nitrogens with one attached hydrogen (secondary N) is 1. The summed E-state index contributed by atoms with van der Waals surface area (Å²) in [5, 5.41) is 8.29. The lowest BCUT2D eigenvalue weighted by Crippen LogP contribution is -2.26. The fourth-order valence-electron chi connectivity index (χ4n) is 4.95. The third-order valence-electron chi connectivity index (χ3n) is 7.49. The molecule has 0 bridgehead atoms. The van der Waals surface area contributed by atoms with Crippen molar-refractivity contribution in [3.63, 3.8) is 0 Å². The van der Waals surface area contributed by atoms with Gasteiger partial charge in [0.25, 0.3) is 5.91 Å². The third-order valence-corrected chi connectivity index (χ3v) is 7.49. The van der Waals surface area contributed by atoms with Gasteiger partial charge in [-0.05, 0) is 93.2 Å². The van der Waals surface area contributed by atoms with Crippen LogP contribution in [-0.4, -0.2) is 38.7 Å². The lowest BCUT2D eigenvalue weighted by atomic mass is 9.99. The highest BCUT2D eigenvalue weighted by Gasteiger charge is 2.34. The van der Waals surface area contributed by atoms with Gasteiger partial charge in [-0.2, -0.15) is 18.3 Å². The SMILES string of the molecule is Cc1ccc(C(=O)Nc2cc(CN3CCCC3)c(C)c(C(F)(F)F)c2)cc1CN(N)/C=C(\N)c1cnn(C)c1C. The van der Waals surface area contributed by atoms with Gasteiger partial charge < -0.3 is 16.1 Å². The van der Waals surface area contributed by atoms with E-state index in [2.05, 4.69) is 15.3 Å². The number of amides is 1. The average Bonchev–Trinajstić information content (AvgIpc) is 3.51. The van der Waals surface area contributed by atoms with E-state index in [1.54, 1.807) is 41.3 Å². The van der Waals surface area contributed by atoms with Gasteiger partial charge >= 0.3 is 6.18 Å². The van der Waals surface area contributed by atoms with Gasteiger partial charge in [0.15, 0.2) is 0 Å². The molecule has 2 heterocycles. The highest BCUT2D eigenvalue weighted by Crippen LogP contribution is 2.36. The van der Waals surface area contributed by atoms with Crippen molar-refractivity contribution >= 4 is 17.3 Å². The first-order valence-corrected chi connectivity index (χ1v) is 13.1. The molecule has 214 valence electrons. The zero-order valence-corrected chi connectivity index (χ0v) is 23.3. The number of carbonyl (C=O) groups is 1. The smallest absolute Gasteiger partial charge is 0.397 e. The zero-order chi connectivity index (χ0) is 29.2. The van der Waals surface area contributed by atoms with Crippen molar-refractivity contribution in [3.05, 3.63) is 87.4 Å². The summed E-state index contributed by atoms with van der Waals surface area (Å²) < 4.78 is 43.3. The predicted molar refractivity (Wildman–Crippen MR) is 150 cm³/mol. The molecule has 1 aliphatic heterocycles. The summed E-state index contributed by atoms with van der Waals surface area (Å²) >= 11 is 0. The van der Waals surface area contributed by atoms with Crippen LogP contribution in [0.4, 0.5) is 18.9 Å². The molecule has 0 unspecified atom stereocenters. The monoisotopic (exact) mass is 555 g/mol. The molecule has 8 nitrogen and oxygen atoms in total. The lowest BCUT2D eigenvalue weighted by Gasteiger charge is -2.21. The molecule has 0 aliphatic carbocycles. The van der Waals surface area contributed by atoms with Gasteiger partial charge in [0, 0.05) is 42.3 Å². The Morgan fingerprint density at radius 2 is 1.82 bits per heavy atom. The van der Waals surface area contributed by atoms with Crippen LogP contribution in [0.1, 0.15) is 62.3 Å². The van der Waals surface area contributed by atoms with Crippen molar-refractivity contribution in [3.8, 4) is 0 Å². The standard InChI is InChI=1S/C29H36F3N7O/c1-18-7-8-21(11-22(18)16-39(34)17-27(33)25-14-35-37(4)20(25)3)28(40)36-24-12-23(15-38-9-5-6-10-38)19(2)26(13-24)29(30,31)32/h7-8,11-14,17H,5-6,9-10,15-16,33-34H2,1-4H3,(H,36,40)/b27-17-. The Balaban J connectivity index is 1.54. The lowest BCUT2D eigenvalue weighted by molar-refractivity contribution is -0.138. The molecule has 0 radical (unpaired) electrons. The molecule has 11 heteroatoms. The van der Waals surface area contributed by atoms with Gasteiger partial charge in [-0.1, -0.05) is 6.07 Å². The molecule has 1 aromatic heterocycles. The molecule has 0 atom stereocenters. The minimum absolute atomic E-state index is 0.113. The Kier molecular flexibility index (Phi) is 8.55. The number of hydrogen-bond donors (Lipinski definition) is 3.